The van der Waals surface area contributed by atoms with E-state index in [1.165, 1.54) is 10.6 Å². The summed E-state index contributed by atoms with van der Waals surface area (Å²) >= 11 is 0. The predicted octanol–water partition coefficient (Wildman–Crippen LogP) is 2.09. The largest absolute Gasteiger partial charge is 0.273 e. The first kappa shape index (κ1) is 7.28. The number of nitrogens with zero attached hydrogens (tertiary/aromatic N) is 2. The van der Waals surface area contributed by atoms with Crippen molar-refractivity contribution in [3.05, 3.63) is 35.5 Å². The average Bonchev–Trinajstić information content (AvgIpc) is 2.42. The van der Waals surface area contributed by atoms with E-state index in [0.29, 0.717) is 5.65 Å². The quantitative estimate of drug-likeness (QED) is 0.582. The van der Waals surface area contributed by atoms with Gasteiger partial charge < -0.3 is 0 Å². The first-order valence-corrected chi connectivity index (χ1v) is 3.79. The van der Waals surface area contributed by atoms with Gasteiger partial charge in [-0.05, 0) is 25.5 Å². The van der Waals surface area contributed by atoms with Gasteiger partial charge in [0.25, 0.3) is 0 Å². The van der Waals surface area contributed by atoms with Gasteiger partial charge in [0.1, 0.15) is 5.65 Å². The molecule has 12 heavy (non-hydrogen) atoms. The lowest BCUT2D eigenvalue weighted by molar-refractivity contribution is 0.568. The molecule has 0 aliphatic rings. The molecule has 0 unspecified atom stereocenters. The Kier molecular flexibility index (Phi) is 1.40. The fourth-order valence-corrected chi connectivity index (χ4v) is 1.34. The van der Waals surface area contributed by atoms with E-state index in [4.69, 9.17) is 0 Å². The van der Waals surface area contributed by atoms with Crippen LogP contribution in [-0.4, -0.2) is 9.38 Å². The number of hydrogen-bond donors (Lipinski definition) is 0. The van der Waals surface area contributed by atoms with Crippen LogP contribution in [0.3, 0.4) is 0 Å². The van der Waals surface area contributed by atoms with E-state index in [2.05, 4.69) is 4.98 Å². The molecule has 62 valence electrons. The lowest BCUT2D eigenvalue weighted by Crippen LogP contribution is -1.95. The maximum Gasteiger partial charge on any atom is 0.218 e. The molecular formula is C9H9FN2. The van der Waals surface area contributed by atoms with Gasteiger partial charge in [-0.15, -0.1) is 0 Å². The van der Waals surface area contributed by atoms with Crippen LogP contribution >= 0.6 is 0 Å². The fourth-order valence-electron chi connectivity index (χ4n) is 1.34. The van der Waals surface area contributed by atoms with Gasteiger partial charge in [-0.1, -0.05) is 6.07 Å². The summed E-state index contributed by atoms with van der Waals surface area (Å²) in [6.07, 6.45) is 1.25. The van der Waals surface area contributed by atoms with Crippen molar-refractivity contribution in [1.82, 2.24) is 9.38 Å². The standard InChI is InChI=1S/C9H9FN2/c1-6-3-4-7(2)12-8(10)5-11-9(6)12/h3-5H,1-2H3. The molecule has 0 aromatic carbocycles. The highest BCUT2D eigenvalue weighted by Gasteiger charge is 2.05. The maximum atomic E-state index is 13.1. The minimum absolute atomic E-state index is 0.300. The Balaban J connectivity index is 2.98. The van der Waals surface area contributed by atoms with Crippen molar-refractivity contribution in [3.8, 4) is 0 Å². The summed E-state index contributed by atoms with van der Waals surface area (Å²) in [6.45, 7) is 3.78. The van der Waals surface area contributed by atoms with Crippen molar-refractivity contribution in [1.29, 1.82) is 0 Å². The Hall–Kier alpha value is -1.38. The Morgan fingerprint density at radius 3 is 2.75 bits per heavy atom. The molecule has 3 heteroatoms. The number of aromatic nitrogens is 2. The van der Waals surface area contributed by atoms with Crippen LogP contribution in [0.15, 0.2) is 18.3 Å². The van der Waals surface area contributed by atoms with Crippen LogP contribution in [-0.2, 0) is 0 Å². The Morgan fingerprint density at radius 2 is 2.08 bits per heavy atom. The van der Waals surface area contributed by atoms with Gasteiger partial charge in [-0.25, -0.2) is 4.98 Å². The van der Waals surface area contributed by atoms with E-state index in [1.807, 2.05) is 26.0 Å². The summed E-state index contributed by atoms with van der Waals surface area (Å²) in [7, 11) is 0. The van der Waals surface area contributed by atoms with E-state index in [0.717, 1.165) is 11.3 Å². The van der Waals surface area contributed by atoms with Crippen molar-refractivity contribution in [2.24, 2.45) is 0 Å². The number of pyridine rings is 1. The zero-order chi connectivity index (χ0) is 8.72. The average molecular weight is 164 g/mol. The number of rotatable bonds is 0. The molecule has 0 fully saturated rings. The van der Waals surface area contributed by atoms with Crippen molar-refractivity contribution < 1.29 is 4.39 Å². The molecule has 0 N–H and O–H groups in total. The molecule has 0 aliphatic carbocycles. The third-order valence-corrected chi connectivity index (χ3v) is 2.00. The van der Waals surface area contributed by atoms with Gasteiger partial charge in [0.05, 0.1) is 6.20 Å². The second-order valence-electron chi connectivity index (χ2n) is 2.90. The number of aryl methyl sites for hydroxylation is 2. The molecule has 2 aromatic rings. The highest BCUT2D eigenvalue weighted by molar-refractivity contribution is 5.48. The van der Waals surface area contributed by atoms with Crippen molar-refractivity contribution in [3.63, 3.8) is 0 Å². The molecule has 0 saturated carbocycles. The van der Waals surface area contributed by atoms with Gasteiger partial charge in [-0.2, -0.15) is 4.39 Å². The SMILES string of the molecule is Cc1ccc(C)n2c(F)cnc12. The van der Waals surface area contributed by atoms with Crippen LogP contribution in [0.1, 0.15) is 11.3 Å². The topological polar surface area (TPSA) is 17.3 Å². The highest BCUT2D eigenvalue weighted by Crippen LogP contribution is 2.12. The number of hydrogen-bond acceptors (Lipinski definition) is 1. The molecule has 0 amide bonds. The molecule has 2 heterocycles. The minimum atomic E-state index is -0.300. The third-order valence-electron chi connectivity index (χ3n) is 2.00. The molecule has 2 rings (SSSR count). The number of imidazole rings is 1. The van der Waals surface area contributed by atoms with Crippen molar-refractivity contribution in [2.45, 2.75) is 13.8 Å². The summed E-state index contributed by atoms with van der Waals surface area (Å²) in [5, 5.41) is 0. The van der Waals surface area contributed by atoms with Gasteiger partial charge in [0, 0.05) is 5.69 Å². The number of fused-ring (bicyclic) bond motifs is 1. The van der Waals surface area contributed by atoms with E-state index < -0.39 is 0 Å². The molecule has 2 nitrogen and oxygen atoms in total. The molecular weight excluding hydrogens is 155 g/mol. The van der Waals surface area contributed by atoms with Crippen LogP contribution in [0.25, 0.3) is 5.65 Å². The second kappa shape index (κ2) is 2.30. The normalized spacial score (nSPS) is 10.9. The van der Waals surface area contributed by atoms with Crippen LogP contribution in [0.4, 0.5) is 4.39 Å². The van der Waals surface area contributed by atoms with Crippen molar-refractivity contribution in [2.75, 3.05) is 0 Å². The molecule has 0 bridgehead atoms. The zero-order valence-electron chi connectivity index (χ0n) is 7.00. The lowest BCUT2D eigenvalue weighted by atomic mass is 10.2. The van der Waals surface area contributed by atoms with Crippen molar-refractivity contribution >= 4 is 5.65 Å². The van der Waals surface area contributed by atoms with Crippen LogP contribution in [0.5, 0.6) is 0 Å². The van der Waals surface area contributed by atoms with E-state index in [1.54, 1.807) is 0 Å². The monoisotopic (exact) mass is 164 g/mol. The van der Waals surface area contributed by atoms with Gasteiger partial charge >= 0.3 is 0 Å². The molecule has 0 atom stereocenters. The molecule has 0 saturated heterocycles. The third kappa shape index (κ3) is 0.826. The smallest absolute Gasteiger partial charge is 0.218 e. The highest BCUT2D eigenvalue weighted by atomic mass is 19.1. The Labute approximate surface area is 69.7 Å². The molecule has 0 spiro atoms. The Morgan fingerprint density at radius 1 is 1.33 bits per heavy atom. The summed E-state index contributed by atoms with van der Waals surface area (Å²) in [6, 6.07) is 3.82. The second-order valence-corrected chi connectivity index (χ2v) is 2.90. The minimum Gasteiger partial charge on any atom is -0.273 e. The van der Waals surface area contributed by atoms with E-state index in [9.17, 15) is 4.39 Å². The van der Waals surface area contributed by atoms with Gasteiger partial charge in [0.15, 0.2) is 0 Å². The molecule has 2 aromatic heterocycles. The first-order valence-electron chi connectivity index (χ1n) is 3.79. The van der Waals surface area contributed by atoms with Gasteiger partial charge in [0.2, 0.25) is 5.95 Å². The van der Waals surface area contributed by atoms with Gasteiger partial charge in [-0.3, -0.25) is 4.40 Å². The maximum absolute atomic E-state index is 13.1. The van der Waals surface area contributed by atoms with E-state index >= 15 is 0 Å². The van der Waals surface area contributed by atoms with Crippen LogP contribution in [0.2, 0.25) is 0 Å². The zero-order valence-corrected chi connectivity index (χ0v) is 7.00. The Bertz CT molecular complexity index is 431. The number of halogens is 1. The summed E-state index contributed by atoms with van der Waals surface area (Å²) in [4.78, 5) is 3.97. The summed E-state index contributed by atoms with van der Waals surface area (Å²) in [5.41, 5.74) is 2.56. The summed E-state index contributed by atoms with van der Waals surface area (Å²) in [5.74, 6) is -0.300. The van der Waals surface area contributed by atoms with E-state index in [-0.39, 0.29) is 5.95 Å². The molecule has 0 aliphatic heterocycles. The lowest BCUT2D eigenvalue weighted by Gasteiger charge is -2.01. The fraction of sp³-hybridized carbons (Fsp3) is 0.222. The first-order chi connectivity index (χ1) is 5.70. The molecule has 0 radical (unpaired) electrons. The van der Waals surface area contributed by atoms with Crippen LogP contribution < -0.4 is 0 Å². The predicted molar refractivity (Wildman–Crippen MR) is 44.6 cm³/mol. The summed E-state index contributed by atoms with van der Waals surface area (Å²) < 4.78 is 14.6. The van der Waals surface area contributed by atoms with Crippen LogP contribution in [0, 0.1) is 19.8 Å².